The molecule has 0 saturated carbocycles. The van der Waals surface area contributed by atoms with Gasteiger partial charge in [0.1, 0.15) is 5.82 Å². The van der Waals surface area contributed by atoms with E-state index in [1.807, 2.05) is 12.3 Å². The second-order valence-electron chi connectivity index (χ2n) is 5.18. The van der Waals surface area contributed by atoms with Crippen molar-refractivity contribution in [3.63, 3.8) is 0 Å². The molecule has 1 saturated heterocycles. The number of hydrogen-bond acceptors (Lipinski definition) is 5. The number of morpholine rings is 1. The van der Waals surface area contributed by atoms with E-state index in [9.17, 15) is 0 Å². The maximum Gasteiger partial charge on any atom is 0.128 e. The fourth-order valence-corrected chi connectivity index (χ4v) is 2.07. The smallest absolute Gasteiger partial charge is 0.128 e. The molecular weight excluding hydrogens is 242 g/mol. The molecule has 0 spiro atoms. The predicted molar refractivity (Wildman–Crippen MR) is 75.3 cm³/mol. The lowest BCUT2D eigenvalue weighted by Crippen LogP contribution is -2.44. The number of pyridine rings is 1. The van der Waals surface area contributed by atoms with Crippen LogP contribution in [0.15, 0.2) is 18.3 Å². The van der Waals surface area contributed by atoms with Crippen molar-refractivity contribution in [3.05, 3.63) is 23.9 Å². The standard InChI is InChI=1S/C14H23N3O2/c1-11(2)15-7-12-3-4-14(16-8-12)17-5-6-19-13(9-17)10-18/h3-4,8,11,13,15,18H,5-7,9-10H2,1-2H3. The maximum atomic E-state index is 9.14. The van der Waals surface area contributed by atoms with Crippen molar-refractivity contribution in [1.29, 1.82) is 0 Å². The van der Waals surface area contributed by atoms with Gasteiger partial charge >= 0.3 is 0 Å². The Morgan fingerprint density at radius 3 is 3.00 bits per heavy atom. The molecule has 0 bridgehead atoms. The minimum atomic E-state index is -0.0992. The fraction of sp³-hybridized carbons (Fsp3) is 0.643. The molecule has 0 aliphatic carbocycles. The lowest BCUT2D eigenvalue weighted by Gasteiger charge is -2.32. The lowest BCUT2D eigenvalue weighted by atomic mass is 10.2. The first kappa shape index (κ1) is 14.2. The van der Waals surface area contributed by atoms with Gasteiger partial charge in [0.15, 0.2) is 0 Å². The van der Waals surface area contributed by atoms with Gasteiger partial charge in [-0.25, -0.2) is 4.98 Å². The van der Waals surface area contributed by atoms with Crippen LogP contribution in [0.3, 0.4) is 0 Å². The highest BCUT2D eigenvalue weighted by molar-refractivity contribution is 5.40. The summed E-state index contributed by atoms with van der Waals surface area (Å²) < 4.78 is 5.44. The number of aliphatic hydroxyl groups is 1. The van der Waals surface area contributed by atoms with Crippen molar-refractivity contribution in [2.24, 2.45) is 0 Å². The van der Waals surface area contributed by atoms with Gasteiger partial charge in [0, 0.05) is 31.9 Å². The van der Waals surface area contributed by atoms with Gasteiger partial charge < -0.3 is 20.1 Å². The quantitative estimate of drug-likeness (QED) is 0.824. The van der Waals surface area contributed by atoms with Gasteiger partial charge in [0.05, 0.1) is 19.3 Å². The number of ether oxygens (including phenoxy) is 1. The number of aromatic nitrogens is 1. The SMILES string of the molecule is CC(C)NCc1ccc(N2CCOC(CO)C2)nc1. The highest BCUT2D eigenvalue weighted by Crippen LogP contribution is 2.15. The Morgan fingerprint density at radius 1 is 1.53 bits per heavy atom. The summed E-state index contributed by atoms with van der Waals surface area (Å²) in [5.41, 5.74) is 1.18. The molecule has 19 heavy (non-hydrogen) atoms. The summed E-state index contributed by atoms with van der Waals surface area (Å²) in [4.78, 5) is 6.65. The van der Waals surface area contributed by atoms with Crippen molar-refractivity contribution in [2.45, 2.75) is 32.5 Å². The van der Waals surface area contributed by atoms with Gasteiger partial charge in [0.2, 0.25) is 0 Å². The van der Waals surface area contributed by atoms with E-state index in [2.05, 4.69) is 35.1 Å². The first-order chi connectivity index (χ1) is 9.19. The fourth-order valence-electron chi connectivity index (χ4n) is 2.07. The largest absolute Gasteiger partial charge is 0.394 e. The van der Waals surface area contributed by atoms with Crippen LogP contribution in [0.25, 0.3) is 0 Å². The van der Waals surface area contributed by atoms with Gasteiger partial charge in [-0.15, -0.1) is 0 Å². The highest BCUT2D eigenvalue weighted by atomic mass is 16.5. The van der Waals surface area contributed by atoms with Crippen molar-refractivity contribution in [2.75, 3.05) is 31.2 Å². The van der Waals surface area contributed by atoms with E-state index in [-0.39, 0.29) is 12.7 Å². The molecule has 1 aromatic heterocycles. The molecule has 2 N–H and O–H groups in total. The minimum Gasteiger partial charge on any atom is -0.394 e. The molecule has 2 rings (SSSR count). The molecule has 2 heterocycles. The average molecular weight is 265 g/mol. The highest BCUT2D eigenvalue weighted by Gasteiger charge is 2.20. The van der Waals surface area contributed by atoms with Crippen LogP contribution in [0.4, 0.5) is 5.82 Å². The van der Waals surface area contributed by atoms with Crippen LogP contribution in [0.5, 0.6) is 0 Å². The molecule has 1 aliphatic heterocycles. The van der Waals surface area contributed by atoms with Crippen molar-refractivity contribution in [1.82, 2.24) is 10.3 Å². The third kappa shape index (κ3) is 4.16. The number of nitrogens with one attached hydrogen (secondary N) is 1. The maximum absolute atomic E-state index is 9.14. The normalized spacial score (nSPS) is 20.0. The zero-order valence-corrected chi connectivity index (χ0v) is 11.7. The van der Waals surface area contributed by atoms with Crippen LogP contribution in [-0.2, 0) is 11.3 Å². The molecular formula is C14H23N3O2. The molecule has 5 heteroatoms. The van der Waals surface area contributed by atoms with Gasteiger partial charge in [-0.05, 0) is 11.6 Å². The van der Waals surface area contributed by atoms with Crippen LogP contribution in [-0.4, -0.2) is 48.5 Å². The van der Waals surface area contributed by atoms with E-state index >= 15 is 0 Å². The average Bonchev–Trinajstić information content (AvgIpc) is 2.45. The molecule has 1 fully saturated rings. The Kier molecular flexibility index (Phi) is 5.13. The number of hydrogen-bond donors (Lipinski definition) is 2. The summed E-state index contributed by atoms with van der Waals surface area (Å²) >= 11 is 0. The van der Waals surface area contributed by atoms with Gasteiger partial charge in [-0.1, -0.05) is 19.9 Å². The van der Waals surface area contributed by atoms with E-state index in [4.69, 9.17) is 9.84 Å². The number of aliphatic hydroxyl groups excluding tert-OH is 1. The van der Waals surface area contributed by atoms with Crippen LogP contribution in [0.1, 0.15) is 19.4 Å². The van der Waals surface area contributed by atoms with Crippen molar-refractivity contribution >= 4 is 5.82 Å². The van der Waals surface area contributed by atoms with E-state index in [1.165, 1.54) is 5.56 Å². The van der Waals surface area contributed by atoms with Crippen molar-refractivity contribution in [3.8, 4) is 0 Å². The van der Waals surface area contributed by atoms with E-state index < -0.39 is 0 Å². The molecule has 0 radical (unpaired) electrons. The molecule has 1 aliphatic rings. The topological polar surface area (TPSA) is 57.6 Å². The lowest BCUT2D eigenvalue weighted by molar-refractivity contribution is 0.00336. The summed E-state index contributed by atoms with van der Waals surface area (Å²) in [6, 6.07) is 4.61. The Balaban J connectivity index is 1.93. The predicted octanol–water partition coefficient (Wildman–Crippen LogP) is 0.777. The third-order valence-electron chi connectivity index (χ3n) is 3.19. The second kappa shape index (κ2) is 6.84. The monoisotopic (exact) mass is 265 g/mol. The minimum absolute atomic E-state index is 0.0624. The summed E-state index contributed by atoms with van der Waals surface area (Å²) in [7, 11) is 0. The van der Waals surface area contributed by atoms with Gasteiger partial charge in [0.25, 0.3) is 0 Å². The van der Waals surface area contributed by atoms with E-state index in [1.54, 1.807) is 0 Å². The first-order valence-electron chi connectivity index (χ1n) is 6.84. The van der Waals surface area contributed by atoms with Gasteiger partial charge in [-0.3, -0.25) is 0 Å². The Morgan fingerprint density at radius 2 is 2.37 bits per heavy atom. The zero-order chi connectivity index (χ0) is 13.7. The van der Waals surface area contributed by atoms with Gasteiger partial charge in [-0.2, -0.15) is 0 Å². The van der Waals surface area contributed by atoms with Crippen LogP contribution < -0.4 is 10.2 Å². The number of rotatable bonds is 5. The summed E-state index contributed by atoms with van der Waals surface area (Å²) in [6.45, 7) is 7.33. The molecule has 1 atom stereocenters. The molecule has 0 amide bonds. The summed E-state index contributed by atoms with van der Waals surface area (Å²) in [5, 5.41) is 12.5. The first-order valence-corrected chi connectivity index (χ1v) is 6.84. The Hall–Kier alpha value is -1.17. The molecule has 5 nitrogen and oxygen atoms in total. The Labute approximate surface area is 114 Å². The Bertz CT molecular complexity index is 381. The second-order valence-corrected chi connectivity index (χ2v) is 5.18. The number of nitrogens with zero attached hydrogens (tertiary/aromatic N) is 2. The number of anilines is 1. The molecule has 1 unspecified atom stereocenters. The van der Waals surface area contributed by atoms with Crippen LogP contribution in [0.2, 0.25) is 0 Å². The zero-order valence-electron chi connectivity index (χ0n) is 11.7. The van der Waals surface area contributed by atoms with Crippen LogP contribution in [0, 0.1) is 0 Å². The molecule has 1 aromatic rings. The van der Waals surface area contributed by atoms with Crippen molar-refractivity contribution < 1.29 is 9.84 Å². The van der Waals surface area contributed by atoms with E-state index in [0.717, 1.165) is 18.9 Å². The molecule has 0 aromatic carbocycles. The summed E-state index contributed by atoms with van der Waals surface area (Å²) in [6.07, 6.45) is 1.81. The third-order valence-corrected chi connectivity index (χ3v) is 3.19. The molecule has 106 valence electrons. The van der Waals surface area contributed by atoms with Crippen LogP contribution >= 0.6 is 0 Å². The summed E-state index contributed by atoms with van der Waals surface area (Å²) in [5.74, 6) is 0.954. The van der Waals surface area contributed by atoms with E-state index in [0.29, 0.717) is 19.2 Å².